The summed E-state index contributed by atoms with van der Waals surface area (Å²) in [4.78, 5) is 35.9. The first-order chi connectivity index (χ1) is 23.0. The number of benzene rings is 1. The number of nitrogens with zero attached hydrogens (tertiary/aromatic N) is 4. The van der Waals surface area contributed by atoms with Crippen molar-refractivity contribution in [3.05, 3.63) is 48.2 Å². The number of nitrogen functional groups attached to an aromatic ring is 1. The maximum absolute atomic E-state index is 14.1. The molecular formula is C31H40FN6O9P. The Bertz CT molecular complexity index is 1640. The third-order valence-corrected chi connectivity index (χ3v) is 9.30. The van der Waals surface area contributed by atoms with E-state index in [0.717, 1.165) is 38.3 Å². The van der Waals surface area contributed by atoms with Crippen LogP contribution in [0.2, 0.25) is 0 Å². The van der Waals surface area contributed by atoms with Gasteiger partial charge in [0, 0.05) is 6.42 Å². The number of carboxylic acid groups (broad SMARTS) is 1. The molecule has 17 heteroatoms. The van der Waals surface area contributed by atoms with E-state index in [4.69, 9.17) is 30.7 Å². The molecule has 0 amide bonds. The predicted octanol–water partition coefficient (Wildman–Crippen LogP) is 3.53. The van der Waals surface area contributed by atoms with Gasteiger partial charge >= 0.3 is 25.8 Å². The van der Waals surface area contributed by atoms with Gasteiger partial charge in [-0.25, -0.2) is 24.4 Å². The van der Waals surface area contributed by atoms with Crippen molar-refractivity contribution in [1.82, 2.24) is 24.6 Å². The van der Waals surface area contributed by atoms with Crippen molar-refractivity contribution in [3.63, 3.8) is 0 Å². The van der Waals surface area contributed by atoms with E-state index in [2.05, 4.69) is 32.9 Å². The van der Waals surface area contributed by atoms with Crippen LogP contribution in [0.1, 0.15) is 63.7 Å². The van der Waals surface area contributed by atoms with Crippen molar-refractivity contribution in [2.45, 2.75) is 82.3 Å². The second kappa shape index (κ2) is 16.9. The average Bonchev–Trinajstić information content (AvgIpc) is 3.57. The van der Waals surface area contributed by atoms with Gasteiger partial charge in [0.1, 0.15) is 30.5 Å². The molecule has 3 heterocycles. The number of nitrogens with two attached hydrogens (primary N) is 1. The van der Waals surface area contributed by atoms with E-state index < -0.39 is 63.0 Å². The minimum atomic E-state index is -4.68. The smallest absolute Gasteiger partial charge is 0.406 e. The summed E-state index contributed by atoms with van der Waals surface area (Å²) < 4.78 is 51.3. The number of aliphatic carboxylic acids is 1. The Morgan fingerprint density at radius 2 is 1.96 bits per heavy atom. The summed E-state index contributed by atoms with van der Waals surface area (Å²) in [5.74, 6) is -0.0358. The van der Waals surface area contributed by atoms with E-state index in [1.54, 1.807) is 30.3 Å². The predicted molar refractivity (Wildman–Crippen MR) is 171 cm³/mol. The number of anilines is 1. The fraction of sp³-hybridized carbons (Fsp3) is 0.516. The monoisotopic (exact) mass is 690 g/mol. The number of rotatable bonds is 19. The molecule has 1 aromatic carbocycles. The third kappa shape index (κ3) is 9.56. The van der Waals surface area contributed by atoms with Gasteiger partial charge in [-0.15, -0.1) is 6.42 Å². The molecular weight excluding hydrogens is 650 g/mol. The third-order valence-electron chi connectivity index (χ3n) is 7.73. The number of fused-ring (bicyclic) bond motifs is 1. The summed E-state index contributed by atoms with van der Waals surface area (Å²) in [6, 6.07) is 7.05. The van der Waals surface area contributed by atoms with E-state index in [-0.39, 0.29) is 36.6 Å². The van der Waals surface area contributed by atoms with Gasteiger partial charge in [0.15, 0.2) is 17.9 Å². The summed E-state index contributed by atoms with van der Waals surface area (Å²) in [7, 11) is -4.68. The number of carbonyl (C=O) groups excluding carboxylic acids is 1. The van der Waals surface area contributed by atoms with Gasteiger partial charge in [-0.3, -0.25) is 18.4 Å². The summed E-state index contributed by atoms with van der Waals surface area (Å²) in [6.45, 7) is 0.618. The number of esters is 1. The number of ether oxygens (including phenoxy) is 2. The second-order valence-corrected chi connectivity index (χ2v) is 13.1. The minimum Gasteiger partial charge on any atom is -0.480 e. The first kappa shape index (κ1) is 36.9. The van der Waals surface area contributed by atoms with Crippen LogP contribution in [0, 0.1) is 18.4 Å². The molecule has 0 aliphatic carbocycles. The Balaban J connectivity index is 1.49. The molecule has 15 nitrogen and oxygen atoms in total. The number of hydrogen-bond acceptors (Lipinski definition) is 12. The van der Waals surface area contributed by atoms with Crippen molar-refractivity contribution in [2.24, 2.45) is 0 Å². The summed E-state index contributed by atoms with van der Waals surface area (Å²) in [6.07, 6.45) is 8.82. The molecule has 1 saturated heterocycles. The van der Waals surface area contributed by atoms with Gasteiger partial charge in [0.05, 0.1) is 12.8 Å². The van der Waals surface area contributed by atoms with Crippen LogP contribution in [0.5, 0.6) is 0 Å². The largest absolute Gasteiger partial charge is 0.480 e. The Labute approximate surface area is 276 Å². The number of hydrogen-bond donors (Lipinski definition) is 4. The lowest BCUT2D eigenvalue weighted by molar-refractivity contribution is -0.146. The average molecular weight is 691 g/mol. The first-order valence-electron chi connectivity index (χ1n) is 15.6. The zero-order valence-electron chi connectivity index (χ0n) is 26.5. The molecule has 0 spiro atoms. The number of aliphatic hydroxyl groups is 1. The van der Waals surface area contributed by atoms with E-state index in [1.165, 1.54) is 4.57 Å². The highest BCUT2D eigenvalue weighted by molar-refractivity contribution is 7.51. The number of carbonyl (C=O) groups is 2. The summed E-state index contributed by atoms with van der Waals surface area (Å²) in [5.41, 5.74) is 4.79. The minimum absolute atomic E-state index is 0.0219. The van der Waals surface area contributed by atoms with Crippen molar-refractivity contribution < 1.29 is 47.3 Å². The van der Waals surface area contributed by atoms with E-state index in [0.29, 0.717) is 12.0 Å². The fourth-order valence-corrected chi connectivity index (χ4v) is 6.60. The highest BCUT2D eigenvalue weighted by atomic mass is 31.2. The number of nitrogens with one attached hydrogen (secondary N) is 1. The van der Waals surface area contributed by atoms with Crippen molar-refractivity contribution in [1.29, 1.82) is 0 Å². The normalized spacial score (nSPS) is 21.0. The number of imidazole rings is 1. The maximum Gasteiger partial charge on any atom is 0.406 e. The lowest BCUT2D eigenvalue weighted by Crippen LogP contribution is -2.44. The molecule has 0 radical (unpaired) electrons. The Morgan fingerprint density at radius 3 is 2.67 bits per heavy atom. The van der Waals surface area contributed by atoms with Crippen LogP contribution < -0.4 is 10.8 Å². The SMILES string of the molecule is C#C[C@]1(COP(=O)(N[C@@H](Cc2ccccc2)C(=O)O)OCC(=O)OCCCCCCCC)O[C@@H](n2c(N)nc3cnc(F)nc32)C[C@@H]1O. The molecule has 4 rings (SSSR count). The number of terminal acetylenes is 1. The first-order valence-corrected chi connectivity index (χ1v) is 17.1. The molecule has 5 N–H and O–H groups in total. The van der Waals surface area contributed by atoms with Crippen LogP contribution in [0.25, 0.3) is 11.2 Å². The highest BCUT2D eigenvalue weighted by Crippen LogP contribution is 2.48. The number of aromatic nitrogens is 4. The van der Waals surface area contributed by atoms with E-state index in [1.807, 2.05) is 0 Å². The molecule has 1 unspecified atom stereocenters. The lowest BCUT2D eigenvalue weighted by atomic mass is 9.99. The Morgan fingerprint density at radius 1 is 1.23 bits per heavy atom. The van der Waals surface area contributed by atoms with Gasteiger partial charge in [-0.05, 0) is 18.4 Å². The van der Waals surface area contributed by atoms with Gasteiger partial charge in [0.2, 0.25) is 5.95 Å². The van der Waals surface area contributed by atoms with E-state index in [9.17, 15) is 28.8 Å². The van der Waals surface area contributed by atoms with Crippen molar-refractivity contribution in [2.75, 3.05) is 25.6 Å². The topological polar surface area (TPSA) is 210 Å². The van der Waals surface area contributed by atoms with Crippen LogP contribution in [0.15, 0.2) is 36.5 Å². The van der Waals surface area contributed by atoms with E-state index >= 15 is 0 Å². The molecule has 2 aromatic heterocycles. The molecule has 260 valence electrons. The Kier molecular flexibility index (Phi) is 13.0. The number of unbranched alkanes of at least 4 members (excludes halogenated alkanes) is 5. The number of aliphatic hydroxyl groups excluding tert-OH is 1. The zero-order chi connectivity index (χ0) is 34.7. The van der Waals surface area contributed by atoms with Gasteiger partial charge in [-0.2, -0.15) is 9.37 Å². The fourth-order valence-electron chi connectivity index (χ4n) is 5.15. The van der Waals surface area contributed by atoms with Crippen LogP contribution in [-0.4, -0.2) is 79.2 Å². The molecule has 48 heavy (non-hydrogen) atoms. The molecule has 1 aliphatic heterocycles. The molecule has 5 atom stereocenters. The van der Waals surface area contributed by atoms with Crippen molar-refractivity contribution >= 4 is 36.8 Å². The molecule has 1 fully saturated rings. The molecule has 0 saturated carbocycles. The van der Waals surface area contributed by atoms with Crippen LogP contribution in [-0.2, 0) is 39.1 Å². The van der Waals surface area contributed by atoms with Crippen LogP contribution in [0.4, 0.5) is 10.3 Å². The number of halogens is 1. The van der Waals surface area contributed by atoms with Crippen LogP contribution >= 0.6 is 7.75 Å². The van der Waals surface area contributed by atoms with Gasteiger partial charge in [0.25, 0.3) is 0 Å². The van der Waals surface area contributed by atoms with Gasteiger partial charge in [-0.1, -0.05) is 75.3 Å². The number of carboxylic acids is 1. The molecule has 1 aliphatic rings. The standard InChI is InChI=1S/C31H40FN6O9P/c1-3-5-6-7-8-12-15-44-26(40)19-45-48(43,37-22(28(41)42)16-21-13-10-9-11-14-21)46-20-31(4-2)24(39)17-25(47-31)38-27-23(35-30(38)33)18-34-29(32)36-27/h2,9-11,13-14,18,22,24-25,39H,3,5-8,12,15-17,19-20H2,1H3,(H2,33,35)(H,37,43)(H,41,42)/t22-,24-,25+,31+,48?/m0/s1. The Hall–Kier alpha value is -3.97. The highest BCUT2D eigenvalue weighted by Gasteiger charge is 2.50. The summed E-state index contributed by atoms with van der Waals surface area (Å²) >= 11 is 0. The summed E-state index contributed by atoms with van der Waals surface area (Å²) in [5, 5.41) is 23.4. The molecule has 0 bridgehead atoms. The second-order valence-electron chi connectivity index (χ2n) is 11.3. The quantitative estimate of drug-likeness (QED) is 0.0466. The maximum atomic E-state index is 14.1. The van der Waals surface area contributed by atoms with Gasteiger partial charge < -0.3 is 25.4 Å². The molecule has 3 aromatic rings. The van der Waals surface area contributed by atoms with Crippen LogP contribution in [0.3, 0.4) is 0 Å². The zero-order valence-corrected chi connectivity index (χ0v) is 27.4. The van der Waals surface area contributed by atoms with Crippen molar-refractivity contribution in [3.8, 4) is 12.3 Å². The lowest BCUT2D eigenvalue weighted by Gasteiger charge is -2.29.